The monoisotopic (exact) mass is 254 g/mol. The highest BCUT2D eigenvalue weighted by Gasteiger charge is 2.32. The molecule has 2 nitrogen and oxygen atoms in total. The highest BCUT2D eigenvalue weighted by atomic mass is 35.5. The lowest BCUT2D eigenvalue weighted by Gasteiger charge is -2.16. The molecule has 90 valence electrons. The third-order valence-corrected chi connectivity index (χ3v) is 2.18. The van der Waals surface area contributed by atoms with Crippen molar-refractivity contribution in [2.45, 2.75) is 25.8 Å². The maximum atomic E-state index is 12.1. The summed E-state index contributed by atoms with van der Waals surface area (Å²) in [5.41, 5.74) is 0.0346. The molecule has 0 fully saturated rings. The molecule has 16 heavy (non-hydrogen) atoms. The smallest absolute Gasteiger partial charge is 0.405 e. The Labute approximate surface area is 95.6 Å². The quantitative estimate of drug-likeness (QED) is 0.892. The molecule has 1 aromatic rings. The first-order chi connectivity index (χ1) is 7.33. The highest BCUT2D eigenvalue weighted by Crippen LogP contribution is 2.33. The van der Waals surface area contributed by atoms with Crippen molar-refractivity contribution in [3.05, 3.63) is 28.8 Å². The minimum Gasteiger partial charge on any atom is -0.405 e. The average Bonchev–Trinajstić information content (AvgIpc) is 2.17. The van der Waals surface area contributed by atoms with Gasteiger partial charge in [0.1, 0.15) is 5.75 Å². The number of rotatable bonds is 3. The summed E-state index contributed by atoms with van der Waals surface area (Å²) in [6.45, 7) is 1.64. The van der Waals surface area contributed by atoms with Gasteiger partial charge in [-0.15, -0.1) is 13.2 Å². The first-order valence-corrected chi connectivity index (χ1v) is 4.94. The van der Waals surface area contributed by atoms with E-state index >= 15 is 0 Å². The summed E-state index contributed by atoms with van der Waals surface area (Å²) in [4.78, 5) is 0. The Morgan fingerprint density at radius 3 is 2.56 bits per heavy atom. The SMILES string of the molecule is CCC(O)c1cc(Cl)ccc1OC(F)(F)F. The van der Waals surface area contributed by atoms with Gasteiger partial charge in [0, 0.05) is 10.6 Å². The number of aliphatic hydroxyl groups excluding tert-OH is 1. The zero-order chi connectivity index (χ0) is 12.3. The van der Waals surface area contributed by atoms with E-state index in [0.717, 1.165) is 6.07 Å². The molecule has 1 unspecified atom stereocenters. The van der Waals surface area contributed by atoms with Crippen molar-refractivity contribution in [3.8, 4) is 5.75 Å². The Balaban J connectivity index is 3.07. The minimum absolute atomic E-state index is 0.0346. The van der Waals surface area contributed by atoms with Gasteiger partial charge in [0.05, 0.1) is 6.10 Å². The Bertz CT molecular complexity index is 366. The number of halogens is 4. The fourth-order valence-electron chi connectivity index (χ4n) is 1.22. The van der Waals surface area contributed by atoms with E-state index in [2.05, 4.69) is 4.74 Å². The zero-order valence-electron chi connectivity index (χ0n) is 8.38. The van der Waals surface area contributed by atoms with Crippen LogP contribution in [0.2, 0.25) is 5.02 Å². The molecule has 0 aliphatic rings. The van der Waals surface area contributed by atoms with Crippen LogP contribution in [0.5, 0.6) is 5.75 Å². The van der Waals surface area contributed by atoms with Crippen molar-refractivity contribution < 1.29 is 23.0 Å². The van der Waals surface area contributed by atoms with Crippen molar-refractivity contribution >= 4 is 11.6 Å². The van der Waals surface area contributed by atoms with Crippen LogP contribution < -0.4 is 4.74 Å². The predicted octanol–water partition coefficient (Wildman–Crippen LogP) is 3.68. The molecular formula is C10H10ClF3O2. The van der Waals surface area contributed by atoms with Gasteiger partial charge in [-0.05, 0) is 24.6 Å². The molecule has 1 atom stereocenters. The van der Waals surface area contributed by atoms with E-state index in [4.69, 9.17) is 11.6 Å². The molecule has 0 spiro atoms. The van der Waals surface area contributed by atoms with E-state index in [0.29, 0.717) is 0 Å². The maximum Gasteiger partial charge on any atom is 0.573 e. The fraction of sp³-hybridized carbons (Fsp3) is 0.400. The van der Waals surface area contributed by atoms with Gasteiger partial charge in [-0.3, -0.25) is 0 Å². The Hall–Kier alpha value is -0.940. The van der Waals surface area contributed by atoms with E-state index in [9.17, 15) is 18.3 Å². The standard InChI is InChI=1S/C10H10ClF3O2/c1-2-8(15)7-5-6(11)3-4-9(7)16-10(12,13)14/h3-5,8,15H,2H2,1H3. The molecule has 0 saturated carbocycles. The van der Waals surface area contributed by atoms with E-state index in [1.54, 1.807) is 6.92 Å². The molecule has 0 amide bonds. The molecule has 6 heteroatoms. The minimum atomic E-state index is -4.78. The van der Waals surface area contributed by atoms with Crippen molar-refractivity contribution in [1.82, 2.24) is 0 Å². The van der Waals surface area contributed by atoms with Gasteiger partial charge in [0.25, 0.3) is 0 Å². The summed E-state index contributed by atoms with van der Waals surface area (Å²) in [6.07, 6.45) is -5.54. The van der Waals surface area contributed by atoms with Gasteiger partial charge >= 0.3 is 6.36 Å². The van der Waals surface area contributed by atoms with Crippen LogP contribution in [0.4, 0.5) is 13.2 Å². The van der Waals surface area contributed by atoms with Crippen molar-refractivity contribution in [2.24, 2.45) is 0 Å². The lowest BCUT2D eigenvalue weighted by atomic mass is 10.1. The van der Waals surface area contributed by atoms with Gasteiger partial charge in [-0.25, -0.2) is 0 Å². The van der Waals surface area contributed by atoms with Crippen LogP contribution in [0.25, 0.3) is 0 Å². The van der Waals surface area contributed by atoms with E-state index < -0.39 is 18.2 Å². The van der Waals surface area contributed by atoms with Crippen LogP contribution in [0.3, 0.4) is 0 Å². The molecular weight excluding hydrogens is 245 g/mol. The second-order valence-corrected chi connectivity index (χ2v) is 3.59. The number of aliphatic hydroxyl groups is 1. The molecule has 1 rings (SSSR count). The number of hydrogen-bond donors (Lipinski definition) is 1. The van der Waals surface area contributed by atoms with Gasteiger partial charge in [0.2, 0.25) is 0 Å². The van der Waals surface area contributed by atoms with E-state index in [1.165, 1.54) is 12.1 Å². The molecule has 0 aromatic heterocycles. The Morgan fingerprint density at radius 1 is 1.44 bits per heavy atom. The largest absolute Gasteiger partial charge is 0.573 e. The summed E-state index contributed by atoms with van der Waals surface area (Å²) >= 11 is 5.64. The summed E-state index contributed by atoms with van der Waals surface area (Å²) < 4.78 is 39.9. The van der Waals surface area contributed by atoms with E-state index in [-0.39, 0.29) is 17.0 Å². The number of benzene rings is 1. The van der Waals surface area contributed by atoms with Crippen LogP contribution >= 0.6 is 11.6 Å². The first-order valence-electron chi connectivity index (χ1n) is 4.56. The van der Waals surface area contributed by atoms with Crippen LogP contribution in [0.15, 0.2) is 18.2 Å². The topological polar surface area (TPSA) is 29.5 Å². The number of hydrogen-bond acceptors (Lipinski definition) is 2. The summed E-state index contributed by atoms with van der Waals surface area (Å²) in [5.74, 6) is -0.425. The van der Waals surface area contributed by atoms with Crippen LogP contribution in [-0.2, 0) is 0 Å². The molecule has 0 aliphatic heterocycles. The lowest BCUT2D eigenvalue weighted by Crippen LogP contribution is -2.18. The number of ether oxygens (including phenoxy) is 1. The van der Waals surface area contributed by atoms with Crippen molar-refractivity contribution in [3.63, 3.8) is 0 Å². The molecule has 0 bridgehead atoms. The second-order valence-electron chi connectivity index (χ2n) is 3.15. The Kier molecular flexibility index (Phi) is 4.04. The summed E-state index contributed by atoms with van der Waals surface area (Å²) in [6, 6.07) is 3.62. The third-order valence-electron chi connectivity index (χ3n) is 1.94. The third kappa shape index (κ3) is 3.57. The first kappa shape index (κ1) is 13.1. The summed E-state index contributed by atoms with van der Waals surface area (Å²) in [5, 5.41) is 9.77. The maximum absolute atomic E-state index is 12.1. The van der Waals surface area contributed by atoms with E-state index in [1.807, 2.05) is 0 Å². The van der Waals surface area contributed by atoms with Gasteiger partial charge in [0.15, 0.2) is 0 Å². The average molecular weight is 255 g/mol. The molecule has 0 heterocycles. The highest BCUT2D eigenvalue weighted by molar-refractivity contribution is 6.30. The molecule has 1 aromatic carbocycles. The second kappa shape index (κ2) is 4.93. The molecule has 0 aliphatic carbocycles. The van der Waals surface area contributed by atoms with Gasteiger partial charge in [-0.1, -0.05) is 18.5 Å². The summed E-state index contributed by atoms with van der Waals surface area (Å²) in [7, 11) is 0. The van der Waals surface area contributed by atoms with Crippen LogP contribution in [-0.4, -0.2) is 11.5 Å². The predicted molar refractivity (Wildman–Crippen MR) is 53.4 cm³/mol. The Morgan fingerprint density at radius 2 is 2.06 bits per heavy atom. The molecule has 0 saturated heterocycles. The van der Waals surface area contributed by atoms with Gasteiger partial charge in [-0.2, -0.15) is 0 Å². The van der Waals surface area contributed by atoms with Crippen molar-refractivity contribution in [1.29, 1.82) is 0 Å². The van der Waals surface area contributed by atoms with Gasteiger partial charge < -0.3 is 9.84 Å². The normalized spacial score (nSPS) is 13.6. The van der Waals surface area contributed by atoms with Crippen LogP contribution in [0, 0.1) is 0 Å². The van der Waals surface area contributed by atoms with Crippen molar-refractivity contribution in [2.75, 3.05) is 0 Å². The fourth-order valence-corrected chi connectivity index (χ4v) is 1.40. The number of alkyl halides is 3. The van der Waals surface area contributed by atoms with Crippen LogP contribution in [0.1, 0.15) is 25.0 Å². The molecule has 1 N–H and O–H groups in total. The lowest BCUT2D eigenvalue weighted by molar-refractivity contribution is -0.275. The molecule has 0 radical (unpaired) electrons. The zero-order valence-corrected chi connectivity index (χ0v) is 9.14.